The Morgan fingerprint density at radius 3 is 2.55 bits per heavy atom. The number of aromatic nitrogens is 5. The van der Waals surface area contributed by atoms with E-state index in [1.165, 1.54) is 12.8 Å². The Morgan fingerprint density at radius 1 is 1.00 bits per heavy atom. The van der Waals surface area contributed by atoms with E-state index in [0.717, 1.165) is 58.5 Å². The number of nitrogens with one attached hydrogen (secondary N) is 2. The lowest BCUT2D eigenvalue weighted by Crippen LogP contribution is -2.41. The third kappa shape index (κ3) is 4.36. The number of carbonyl (C=O) groups excluding carboxylic acids is 1. The molecule has 4 heterocycles. The summed E-state index contributed by atoms with van der Waals surface area (Å²) < 4.78 is 10.3. The molecular formula is C36H35N7O4. The number of ether oxygens (including phenoxy) is 1. The third-order valence-electron chi connectivity index (χ3n) is 10.7. The first kappa shape index (κ1) is 28.1. The lowest BCUT2D eigenvalue weighted by atomic mass is 10.0. The summed E-state index contributed by atoms with van der Waals surface area (Å²) in [6.45, 7) is 1.57. The molecule has 3 fully saturated rings. The molecule has 11 nitrogen and oxygen atoms in total. The number of methoxy groups -OCH3 is 1. The van der Waals surface area contributed by atoms with E-state index in [1.54, 1.807) is 13.2 Å². The fraction of sp³-hybridized carbons (Fsp3) is 0.333. The summed E-state index contributed by atoms with van der Waals surface area (Å²) in [6, 6.07) is 17.9. The summed E-state index contributed by atoms with van der Waals surface area (Å²) in [4.78, 5) is 50.1. The molecular weight excluding hydrogens is 594 g/mol. The smallest absolute Gasteiger partial charge is 0.326 e. The van der Waals surface area contributed by atoms with Crippen molar-refractivity contribution in [3.8, 4) is 28.4 Å². The number of hydrogen-bond acceptors (Lipinski definition) is 6. The molecule has 1 amide bonds. The number of nitrogens with two attached hydrogens (primary N) is 1. The van der Waals surface area contributed by atoms with Crippen LogP contribution in [0.25, 0.3) is 55.5 Å². The van der Waals surface area contributed by atoms with Gasteiger partial charge >= 0.3 is 5.69 Å². The second-order valence-corrected chi connectivity index (χ2v) is 13.5. The Bertz CT molecular complexity index is 2390. The van der Waals surface area contributed by atoms with Gasteiger partial charge in [-0.15, -0.1) is 0 Å². The zero-order valence-corrected chi connectivity index (χ0v) is 26.2. The normalized spacial score (nSPS) is 20.7. The largest absolute Gasteiger partial charge is 0.494 e. The number of hydrogen-bond donors (Lipinski definition) is 3. The molecule has 0 spiro atoms. The second-order valence-electron chi connectivity index (χ2n) is 13.5. The molecule has 1 aliphatic heterocycles. The zero-order valence-electron chi connectivity index (χ0n) is 26.2. The molecule has 2 bridgehead atoms. The number of likely N-dealkylation sites (tertiary alicyclic amines) is 1. The number of H-pyrrole nitrogens is 2. The van der Waals surface area contributed by atoms with E-state index in [-0.39, 0.29) is 18.0 Å². The maximum Gasteiger partial charge on any atom is 0.326 e. The monoisotopic (exact) mass is 629 g/mol. The summed E-state index contributed by atoms with van der Waals surface area (Å²) >= 11 is 0. The van der Waals surface area contributed by atoms with Crippen LogP contribution in [-0.2, 0) is 13.6 Å². The number of aryl methyl sites for hydroxylation is 1. The van der Waals surface area contributed by atoms with Gasteiger partial charge in [0.2, 0.25) is 0 Å². The Labute approximate surface area is 269 Å². The molecule has 3 atom stereocenters. The van der Waals surface area contributed by atoms with Crippen molar-refractivity contribution in [1.82, 2.24) is 29.0 Å². The van der Waals surface area contributed by atoms with Gasteiger partial charge in [0.05, 0.1) is 29.2 Å². The van der Waals surface area contributed by atoms with Crippen LogP contribution in [0, 0.1) is 11.8 Å². The summed E-state index contributed by atoms with van der Waals surface area (Å²) in [5, 5.41) is 1.53. The second kappa shape index (κ2) is 10.2. The van der Waals surface area contributed by atoms with Crippen LogP contribution in [0.2, 0.25) is 0 Å². The van der Waals surface area contributed by atoms with E-state index in [4.69, 9.17) is 15.5 Å². The van der Waals surface area contributed by atoms with Crippen LogP contribution >= 0.6 is 0 Å². The minimum Gasteiger partial charge on any atom is -0.494 e. The highest BCUT2D eigenvalue weighted by Gasteiger charge is 2.47. The Morgan fingerprint density at radius 2 is 1.81 bits per heavy atom. The maximum absolute atomic E-state index is 13.8. The predicted molar refractivity (Wildman–Crippen MR) is 181 cm³/mol. The minimum atomic E-state index is -0.527. The number of nitrogens with zero attached hydrogens (tertiary/aromatic N) is 4. The van der Waals surface area contributed by atoms with Crippen molar-refractivity contribution < 1.29 is 9.53 Å². The molecule has 2 saturated carbocycles. The van der Waals surface area contributed by atoms with Crippen molar-refractivity contribution in [2.45, 2.75) is 44.3 Å². The van der Waals surface area contributed by atoms with Gasteiger partial charge in [-0.05, 0) is 85.0 Å². The first-order valence-electron chi connectivity index (χ1n) is 16.3. The van der Waals surface area contributed by atoms with E-state index in [0.29, 0.717) is 46.1 Å². The molecule has 3 unspecified atom stereocenters. The fourth-order valence-electron chi connectivity index (χ4n) is 7.99. The summed E-state index contributed by atoms with van der Waals surface area (Å²) in [5.74, 6) is 2.37. The quantitative estimate of drug-likeness (QED) is 0.250. The summed E-state index contributed by atoms with van der Waals surface area (Å²) in [5.41, 5.74) is 12.1. The average Bonchev–Trinajstić information content (AvgIpc) is 3.47. The number of carbonyl (C=O) groups is 1. The van der Waals surface area contributed by atoms with Gasteiger partial charge in [-0.1, -0.05) is 18.2 Å². The Balaban J connectivity index is 1.16. The highest BCUT2D eigenvalue weighted by atomic mass is 16.5. The van der Waals surface area contributed by atoms with Gasteiger partial charge in [-0.25, -0.2) is 9.78 Å². The molecule has 11 heteroatoms. The molecule has 47 heavy (non-hydrogen) atoms. The lowest BCUT2D eigenvalue weighted by Gasteiger charge is -2.27. The van der Waals surface area contributed by atoms with Crippen molar-refractivity contribution >= 4 is 38.7 Å². The van der Waals surface area contributed by atoms with E-state index in [2.05, 4.69) is 43.4 Å². The highest BCUT2D eigenvalue weighted by molar-refractivity contribution is 6.01. The highest BCUT2D eigenvalue weighted by Crippen LogP contribution is 2.41. The zero-order chi connectivity index (χ0) is 32.1. The van der Waals surface area contributed by atoms with Gasteiger partial charge in [-0.2, -0.15) is 0 Å². The molecule has 1 saturated heterocycles. The number of imidazole rings is 1. The Kier molecular flexibility index (Phi) is 6.08. The fourth-order valence-corrected chi connectivity index (χ4v) is 7.99. The van der Waals surface area contributed by atoms with Crippen LogP contribution in [0.5, 0.6) is 5.75 Å². The molecule has 0 radical (unpaired) electrons. The van der Waals surface area contributed by atoms with Gasteiger partial charge in [0.1, 0.15) is 11.3 Å². The number of rotatable bonds is 6. The molecule has 238 valence electrons. The van der Waals surface area contributed by atoms with E-state index in [1.807, 2.05) is 36.2 Å². The van der Waals surface area contributed by atoms with E-state index < -0.39 is 11.2 Å². The molecule has 6 aromatic rings. The van der Waals surface area contributed by atoms with Crippen LogP contribution in [0.4, 0.5) is 0 Å². The van der Waals surface area contributed by atoms with Crippen LogP contribution < -0.4 is 21.7 Å². The van der Waals surface area contributed by atoms with E-state index >= 15 is 0 Å². The van der Waals surface area contributed by atoms with Crippen LogP contribution in [0.1, 0.15) is 36.0 Å². The maximum atomic E-state index is 13.8. The first-order valence-corrected chi connectivity index (χ1v) is 16.3. The number of aromatic amines is 2. The van der Waals surface area contributed by atoms with Crippen molar-refractivity contribution in [3.63, 3.8) is 0 Å². The number of amides is 1. The third-order valence-corrected chi connectivity index (χ3v) is 10.7. The molecule has 2 aliphatic carbocycles. The molecule has 3 aliphatic rings. The summed E-state index contributed by atoms with van der Waals surface area (Å²) in [7, 11) is 3.63. The van der Waals surface area contributed by atoms with Gasteiger partial charge in [0, 0.05) is 48.7 Å². The van der Waals surface area contributed by atoms with Gasteiger partial charge in [0.25, 0.3) is 11.5 Å². The topological polar surface area (TPSA) is 144 Å². The standard InChI is InChI=1S/C36H35N7O4/c1-41-32-26(12-23(15-30(32)47-2)35(45)43-17-22-8-10-27(43)31(22)37)38-33(41)29-14-21-6-5-20(13-28(21)42(29)16-18-3-4-18)19-7-9-24-25(11-19)39-36(46)40-34(24)44/h5-7,9,11-15,18,22,27,31H,3-4,8,10,16-17,37H2,1-2H3,(H2,39,40,44,46). The van der Waals surface area contributed by atoms with Crippen molar-refractivity contribution in [2.24, 2.45) is 24.6 Å². The first-order chi connectivity index (χ1) is 22.8. The van der Waals surface area contributed by atoms with Crippen LogP contribution in [0.15, 0.2) is 64.2 Å². The van der Waals surface area contributed by atoms with Gasteiger partial charge in [0.15, 0.2) is 5.82 Å². The SMILES string of the molecule is COc1cc(C(=O)N2CC3CCC2C3N)cc2nc(-c3cc4ccc(-c5ccc6c(=O)[nH]c(=O)[nH]c6c5)cc4n3CC3CC3)n(C)c12. The molecule has 3 aromatic heterocycles. The van der Waals surface area contributed by atoms with Crippen molar-refractivity contribution in [3.05, 3.63) is 81.0 Å². The van der Waals surface area contributed by atoms with Crippen molar-refractivity contribution in [2.75, 3.05) is 13.7 Å². The van der Waals surface area contributed by atoms with Crippen LogP contribution in [-0.4, -0.2) is 60.6 Å². The van der Waals surface area contributed by atoms with Crippen LogP contribution in [0.3, 0.4) is 0 Å². The number of piperidine rings is 1. The number of benzene rings is 3. The average molecular weight is 630 g/mol. The Hall–Kier alpha value is -5.16. The van der Waals surface area contributed by atoms with E-state index in [9.17, 15) is 14.4 Å². The molecule has 3 aromatic carbocycles. The number of fused-ring (bicyclic) bond motifs is 5. The van der Waals surface area contributed by atoms with Gasteiger partial charge in [-0.3, -0.25) is 14.6 Å². The molecule has 4 N–H and O–H groups in total. The minimum absolute atomic E-state index is 0.0159. The predicted octanol–water partition coefficient (Wildman–Crippen LogP) is 4.37. The summed E-state index contributed by atoms with van der Waals surface area (Å²) in [6.07, 6.45) is 4.42. The lowest BCUT2D eigenvalue weighted by molar-refractivity contribution is 0.0700. The van der Waals surface area contributed by atoms with Gasteiger partial charge < -0.3 is 29.5 Å². The molecule has 9 rings (SSSR count). The van der Waals surface area contributed by atoms with Crippen molar-refractivity contribution in [1.29, 1.82) is 0 Å².